The number of aliphatic hydroxyl groups is 1. The summed E-state index contributed by atoms with van der Waals surface area (Å²) in [5, 5.41) is 12.5. The maximum absolute atomic E-state index is 9.12. The van der Waals surface area contributed by atoms with E-state index in [1.165, 1.54) is 19.3 Å². The molecule has 1 saturated heterocycles. The van der Waals surface area contributed by atoms with Crippen LogP contribution in [0.5, 0.6) is 0 Å². The van der Waals surface area contributed by atoms with Gasteiger partial charge < -0.3 is 15.2 Å². The molecular formula is C11H23NO2. The Kier molecular flexibility index (Phi) is 5.45. The first-order valence-corrected chi connectivity index (χ1v) is 5.67. The van der Waals surface area contributed by atoms with Crippen LogP contribution < -0.4 is 5.32 Å². The van der Waals surface area contributed by atoms with E-state index in [0.717, 1.165) is 19.1 Å². The van der Waals surface area contributed by atoms with Gasteiger partial charge in [-0.25, -0.2) is 0 Å². The summed E-state index contributed by atoms with van der Waals surface area (Å²) in [5.74, 6) is 0.806. The van der Waals surface area contributed by atoms with Gasteiger partial charge in [0.05, 0.1) is 6.10 Å². The molecule has 3 heteroatoms. The van der Waals surface area contributed by atoms with Crippen molar-refractivity contribution in [3.05, 3.63) is 0 Å². The Morgan fingerprint density at radius 3 is 2.57 bits per heavy atom. The predicted octanol–water partition coefficient (Wildman–Crippen LogP) is 1.16. The summed E-state index contributed by atoms with van der Waals surface area (Å²) in [4.78, 5) is 0. The molecule has 1 aliphatic heterocycles. The lowest BCUT2D eigenvalue weighted by molar-refractivity contribution is 0.0606. The van der Waals surface area contributed by atoms with Gasteiger partial charge in [0, 0.05) is 25.8 Å². The molecule has 1 fully saturated rings. The van der Waals surface area contributed by atoms with Crippen LogP contribution in [0.25, 0.3) is 0 Å². The van der Waals surface area contributed by atoms with E-state index in [0.29, 0.717) is 12.6 Å². The SMILES string of the molecule is CC(CC1CCOCC1)NC[C@@H](C)O. The van der Waals surface area contributed by atoms with E-state index in [4.69, 9.17) is 9.84 Å². The molecule has 1 unspecified atom stereocenters. The van der Waals surface area contributed by atoms with E-state index < -0.39 is 0 Å². The fraction of sp³-hybridized carbons (Fsp3) is 1.00. The van der Waals surface area contributed by atoms with Gasteiger partial charge in [-0.2, -0.15) is 0 Å². The molecular weight excluding hydrogens is 178 g/mol. The molecule has 0 aromatic carbocycles. The zero-order chi connectivity index (χ0) is 10.4. The van der Waals surface area contributed by atoms with Crippen LogP contribution in [0.15, 0.2) is 0 Å². The number of rotatable bonds is 5. The molecule has 0 aliphatic carbocycles. The van der Waals surface area contributed by atoms with Gasteiger partial charge in [-0.15, -0.1) is 0 Å². The second-order valence-electron chi connectivity index (χ2n) is 4.45. The highest BCUT2D eigenvalue weighted by molar-refractivity contribution is 4.71. The number of nitrogens with one attached hydrogen (secondary N) is 1. The molecule has 1 aliphatic rings. The van der Waals surface area contributed by atoms with E-state index in [2.05, 4.69) is 12.2 Å². The Labute approximate surface area is 86.8 Å². The normalized spacial score (nSPS) is 23.4. The molecule has 0 bridgehead atoms. The van der Waals surface area contributed by atoms with Crippen LogP contribution in [0.3, 0.4) is 0 Å². The zero-order valence-electron chi connectivity index (χ0n) is 9.33. The quantitative estimate of drug-likeness (QED) is 0.701. The minimum absolute atomic E-state index is 0.243. The molecule has 0 aromatic heterocycles. The second kappa shape index (κ2) is 6.38. The first kappa shape index (κ1) is 12.0. The summed E-state index contributed by atoms with van der Waals surface area (Å²) in [6.45, 7) is 6.55. The van der Waals surface area contributed by atoms with E-state index in [1.807, 2.05) is 6.92 Å². The highest BCUT2D eigenvalue weighted by Crippen LogP contribution is 2.19. The lowest BCUT2D eigenvalue weighted by atomic mass is 9.93. The van der Waals surface area contributed by atoms with Crippen molar-refractivity contribution in [2.75, 3.05) is 19.8 Å². The van der Waals surface area contributed by atoms with E-state index in [9.17, 15) is 0 Å². The molecule has 0 spiro atoms. The topological polar surface area (TPSA) is 41.5 Å². The Balaban J connectivity index is 2.09. The van der Waals surface area contributed by atoms with Crippen molar-refractivity contribution in [1.29, 1.82) is 0 Å². The first-order valence-electron chi connectivity index (χ1n) is 5.67. The molecule has 0 aromatic rings. The molecule has 0 saturated carbocycles. The summed E-state index contributed by atoms with van der Waals surface area (Å²) in [6, 6.07) is 0.507. The molecule has 14 heavy (non-hydrogen) atoms. The Hall–Kier alpha value is -0.120. The molecule has 1 rings (SSSR count). The molecule has 84 valence electrons. The molecule has 0 amide bonds. The minimum Gasteiger partial charge on any atom is -0.392 e. The second-order valence-corrected chi connectivity index (χ2v) is 4.45. The van der Waals surface area contributed by atoms with Gasteiger partial charge in [-0.1, -0.05) is 0 Å². The molecule has 0 radical (unpaired) electrons. The van der Waals surface area contributed by atoms with Crippen molar-refractivity contribution in [1.82, 2.24) is 5.32 Å². The Morgan fingerprint density at radius 2 is 2.00 bits per heavy atom. The highest BCUT2D eigenvalue weighted by atomic mass is 16.5. The molecule has 2 atom stereocenters. The van der Waals surface area contributed by atoms with Crippen LogP contribution >= 0.6 is 0 Å². The van der Waals surface area contributed by atoms with Crippen LogP contribution in [0.2, 0.25) is 0 Å². The maximum Gasteiger partial charge on any atom is 0.0636 e. The molecule has 3 nitrogen and oxygen atoms in total. The third-order valence-electron chi connectivity index (χ3n) is 2.79. The van der Waals surface area contributed by atoms with Gasteiger partial charge >= 0.3 is 0 Å². The maximum atomic E-state index is 9.12. The van der Waals surface area contributed by atoms with Crippen molar-refractivity contribution in [3.8, 4) is 0 Å². The van der Waals surface area contributed by atoms with E-state index in [-0.39, 0.29) is 6.10 Å². The average molecular weight is 201 g/mol. The number of hydrogen-bond donors (Lipinski definition) is 2. The number of hydrogen-bond acceptors (Lipinski definition) is 3. The fourth-order valence-electron chi connectivity index (χ4n) is 1.94. The average Bonchev–Trinajstić information content (AvgIpc) is 2.16. The van der Waals surface area contributed by atoms with Crippen LogP contribution in [0.1, 0.15) is 33.1 Å². The zero-order valence-corrected chi connectivity index (χ0v) is 9.33. The number of ether oxygens (including phenoxy) is 1. The highest BCUT2D eigenvalue weighted by Gasteiger charge is 2.16. The lowest BCUT2D eigenvalue weighted by Crippen LogP contribution is -2.34. The fourth-order valence-corrected chi connectivity index (χ4v) is 1.94. The van der Waals surface area contributed by atoms with Gasteiger partial charge in [0.25, 0.3) is 0 Å². The molecule has 1 heterocycles. The van der Waals surface area contributed by atoms with Crippen LogP contribution in [0, 0.1) is 5.92 Å². The van der Waals surface area contributed by atoms with Crippen molar-refractivity contribution < 1.29 is 9.84 Å². The van der Waals surface area contributed by atoms with E-state index in [1.54, 1.807) is 0 Å². The number of aliphatic hydroxyl groups excluding tert-OH is 1. The van der Waals surface area contributed by atoms with Gasteiger partial charge in [0.1, 0.15) is 0 Å². The third-order valence-corrected chi connectivity index (χ3v) is 2.79. The van der Waals surface area contributed by atoms with Crippen LogP contribution in [-0.4, -0.2) is 37.0 Å². The molecule has 2 N–H and O–H groups in total. The first-order chi connectivity index (χ1) is 6.68. The van der Waals surface area contributed by atoms with Crippen LogP contribution in [-0.2, 0) is 4.74 Å². The summed E-state index contributed by atoms with van der Waals surface area (Å²) in [7, 11) is 0. The van der Waals surface area contributed by atoms with Gasteiger partial charge in [-0.05, 0) is 39.0 Å². The van der Waals surface area contributed by atoms with Gasteiger partial charge in [0.2, 0.25) is 0 Å². The minimum atomic E-state index is -0.243. The lowest BCUT2D eigenvalue weighted by Gasteiger charge is -2.25. The summed E-state index contributed by atoms with van der Waals surface area (Å²) in [5.41, 5.74) is 0. The predicted molar refractivity (Wildman–Crippen MR) is 57.3 cm³/mol. The van der Waals surface area contributed by atoms with E-state index >= 15 is 0 Å². The van der Waals surface area contributed by atoms with Crippen molar-refractivity contribution in [2.24, 2.45) is 5.92 Å². The van der Waals surface area contributed by atoms with Crippen LogP contribution in [0.4, 0.5) is 0 Å². The summed E-state index contributed by atoms with van der Waals surface area (Å²) < 4.78 is 5.32. The summed E-state index contributed by atoms with van der Waals surface area (Å²) >= 11 is 0. The van der Waals surface area contributed by atoms with Crippen molar-refractivity contribution in [3.63, 3.8) is 0 Å². The Bertz CT molecular complexity index is 144. The van der Waals surface area contributed by atoms with Crippen molar-refractivity contribution >= 4 is 0 Å². The van der Waals surface area contributed by atoms with Gasteiger partial charge in [-0.3, -0.25) is 0 Å². The third kappa shape index (κ3) is 4.94. The monoisotopic (exact) mass is 201 g/mol. The van der Waals surface area contributed by atoms with Crippen molar-refractivity contribution in [2.45, 2.75) is 45.3 Å². The smallest absolute Gasteiger partial charge is 0.0636 e. The summed E-state index contributed by atoms with van der Waals surface area (Å²) in [6.07, 6.45) is 3.35. The largest absolute Gasteiger partial charge is 0.392 e. The standard InChI is InChI=1S/C11H23NO2/c1-9(12-8-10(2)13)7-11-3-5-14-6-4-11/h9-13H,3-8H2,1-2H3/t9?,10-/m1/s1. The Morgan fingerprint density at radius 1 is 1.36 bits per heavy atom. The van der Waals surface area contributed by atoms with Gasteiger partial charge in [0.15, 0.2) is 0 Å².